The summed E-state index contributed by atoms with van der Waals surface area (Å²) in [5, 5.41) is 3.64. The monoisotopic (exact) mass is 302 g/mol. The van der Waals surface area contributed by atoms with Gasteiger partial charge in [-0.15, -0.1) is 0 Å². The maximum Gasteiger partial charge on any atom is 0.209 e. The van der Waals surface area contributed by atoms with E-state index in [1.807, 2.05) is 24.3 Å². The van der Waals surface area contributed by atoms with Crippen LogP contribution in [0.1, 0.15) is 45.9 Å². The Kier molecular flexibility index (Phi) is 4.50. The van der Waals surface area contributed by atoms with Crippen LogP contribution in [0.15, 0.2) is 28.7 Å². The molecule has 1 heterocycles. The molecule has 0 bridgehead atoms. The van der Waals surface area contributed by atoms with Crippen LogP contribution in [0.25, 0.3) is 11.1 Å². The van der Waals surface area contributed by atoms with Gasteiger partial charge in [-0.2, -0.15) is 0 Å². The second-order valence-electron chi connectivity index (χ2n) is 6.13. The van der Waals surface area contributed by atoms with Gasteiger partial charge < -0.3 is 14.5 Å². The van der Waals surface area contributed by atoms with Gasteiger partial charge in [-0.3, -0.25) is 0 Å². The number of nitrogens with one attached hydrogen (secondary N) is 1. The van der Waals surface area contributed by atoms with E-state index >= 15 is 0 Å². The minimum atomic E-state index is 0.252. The number of ether oxygens (including phenoxy) is 1. The van der Waals surface area contributed by atoms with Gasteiger partial charge in [0.2, 0.25) is 5.89 Å². The third-order valence-electron chi connectivity index (χ3n) is 5.31. The molecule has 0 unspecified atom stereocenters. The van der Waals surface area contributed by atoms with Crippen molar-refractivity contribution in [1.82, 2.24) is 10.3 Å². The topological polar surface area (TPSA) is 47.3 Å². The number of aromatic nitrogens is 1. The normalized spacial score (nSPS) is 23.6. The van der Waals surface area contributed by atoms with Crippen molar-refractivity contribution in [2.24, 2.45) is 5.41 Å². The van der Waals surface area contributed by atoms with E-state index in [0.717, 1.165) is 42.9 Å². The highest BCUT2D eigenvalue weighted by Crippen LogP contribution is 2.48. The summed E-state index contributed by atoms with van der Waals surface area (Å²) in [6.07, 6.45) is 3.74. The van der Waals surface area contributed by atoms with Crippen LogP contribution in [0.2, 0.25) is 0 Å². The van der Waals surface area contributed by atoms with Crippen LogP contribution in [0.5, 0.6) is 0 Å². The van der Waals surface area contributed by atoms with E-state index in [0.29, 0.717) is 18.7 Å². The highest BCUT2D eigenvalue weighted by Gasteiger charge is 2.52. The lowest BCUT2D eigenvalue weighted by molar-refractivity contribution is -0.138. The summed E-state index contributed by atoms with van der Waals surface area (Å²) in [6, 6.07) is 8.39. The van der Waals surface area contributed by atoms with E-state index < -0.39 is 0 Å². The van der Waals surface area contributed by atoms with E-state index in [4.69, 9.17) is 9.15 Å². The third-order valence-corrected chi connectivity index (χ3v) is 5.31. The van der Waals surface area contributed by atoms with Crippen LogP contribution < -0.4 is 5.32 Å². The Bertz CT molecular complexity index is 585. The van der Waals surface area contributed by atoms with Gasteiger partial charge in [-0.05, 0) is 38.3 Å². The fourth-order valence-electron chi connectivity index (χ4n) is 3.87. The molecule has 120 valence electrons. The fourth-order valence-corrected chi connectivity index (χ4v) is 3.87. The summed E-state index contributed by atoms with van der Waals surface area (Å²) >= 11 is 0. The maximum absolute atomic E-state index is 5.93. The minimum absolute atomic E-state index is 0.252. The number of hydrogen-bond acceptors (Lipinski definition) is 4. The Morgan fingerprint density at radius 2 is 2.05 bits per heavy atom. The second-order valence-corrected chi connectivity index (χ2v) is 6.13. The first-order chi connectivity index (χ1) is 10.7. The molecule has 1 aromatic carbocycles. The largest absolute Gasteiger partial charge is 0.439 e. The lowest BCUT2D eigenvalue weighted by atomic mass is 9.58. The molecule has 1 aromatic heterocycles. The van der Waals surface area contributed by atoms with E-state index in [1.54, 1.807) is 0 Å². The zero-order valence-corrected chi connectivity index (χ0v) is 13.8. The molecule has 0 amide bonds. The molecule has 1 N–H and O–H groups in total. The number of oxazole rings is 1. The average molecular weight is 302 g/mol. The van der Waals surface area contributed by atoms with E-state index in [-0.39, 0.29) is 5.41 Å². The summed E-state index contributed by atoms with van der Waals surface area (Å²) in [6.45, 7) is 8.09. The molecule has 0 spiro atoms. The van der Waals surface area contributed by atoms with Gasteiger partial charge in [-0.25, -0.2) is 4.98 Å². The van der Waals surface area contributed by atoms with Crippen LogP contribution in [0, 0.1) is 5.41 Å². The number of nitrogens with zero attached hydrogens (tertiary/aromatic N) is 1. The molecule has 0 aliphatic heterocycles. The lowest BCUT2D eigenvalue weighted by Gasteiger charge is -2.55. The molecule has 1 aliphatic carbocycles. The SMILES string of the molecule is CCO[C@@H]1C[C@H](NCc2nc3ccccc3o2)C1(CC)CC. The van der Waals surface area contributed by atoms with Crippen molar-refractivity contribution in [2.75, 3.05) is 6.61 Å². The van der Waals surface area contributed by atoms with Crippen LogP contribution in [-0.4, -0.2) is 23.7 Å². The van der Waals surface area contributed by atoms with Crippen molar-refractivity contribution in [3.05, 3.63) is 30.2 Å². The maximum atomic E-state index is 5.93. The van der Waals surface area contributed by atoms with Crippen LogP contribution in [-0.2, 0) is 11.3 Å². The van der Waals surface area contributed by atoms with E-state index in [2.05, 4.69) is 31.1 Å². The molecule has 0 radical (unpaired) electrons. The molecule has 3 rings (SSSR count). The van der Waals surface area contributed by atoms with Crippen molar-refractivity contribution in [3.8, 4) is 0 Å². The molecule has 22 heavy (non-hydrogen) atoms. The molecule has 4 nitrogen and oxygen atoms in total. The Labute approximate surface area is 132 Å². The van der Waals surface area contributed by atoms with Gasteiger partial charge in [0, 0.05) is 18.1 Å². The molecule has 1 aliphatic rings. The number of hydrogen-bond donors (Lipinski definition) is 1. The van der Waals surface area contributed by atoms with Crippen LogP contribution in [0.3, 0.4) is 0 Å². The molecule has 4 heteroatoms. The van der Waals surface area contributed by atoms with Gasteiger partial charge in [0.25, 0.3) is 0 Å². The standard InChI is InChI=1S/C18H26N2O2/c1-4-18(5-2)15(11-16(18)21-6-3)19-12-17-20-13-9-7-8-10-14(13)22-17/h7-10,15-16,19H,4-6,11-12H2,1-3H3/t15-,16+/m0/s1. The summed E-state index contributed by atoms with van der Waals surface area (Å²) in [7, 11) is 0. The van der Waals surface area contributed by atoms with Crippen LogP contribution >= 0.6 is 0 Å². The van der Waals surface area contributed by atoms with Gasteiger partial charge in [0.1, 0.15) is 5.52 Å². The summed E-state index contributed by atoms with van der Waals surface area (Å²) in [4.78, 5) is 4.54. The van der Waals surface area contributed by atoms with Crippen molar-refractivity contribution in [1.29, 1.82) is 0 Å². The summed E-state index contributed by atoms with van der Waals surface area (Å²) in [5.74, 6) is 0.766. The molecular weight excluding hydrogens is 276 g/mol. The molecule has 1 fully saturated rings. The first kappa shape index (κ1) is 15.5. The van der Waals surface area contributed by atoms with Gasteiger partial charge in [0.15, 0.2) is 5.58 Å². The lowest BCUT2D eigenvalue weighted by Crippen LogP contribution is -2.63. The van der Waals surface area contributed by atoms with E-state index in [9.17, 15) is 0 Å². The number of benzene rings is 1. The Hall–Kier alpha value is -1.39. The molecule has 1 saturated carbocycles. The first-order valence-electron chi connectivity index (χ1n) is 8.43. The molecule has 2 atom stereocenters. The van der Waals surface area contributed by atoms with Crippen LogP contribution in [0.4, 0.5) is 0 Å². The number of rotatable bonds is 7. The highest BCUT2D eigenvalue weighted by molar-refractivity contribution is 5.72. The summed E-state index contributed by atoms with van der Waals surface area (Å²) < 4.78 is 11.7. The minimum Gasteiger partial charge on any atom is -0.439 e. The zero-order valence-electron chi connectivity index (χ0n) is 13.8. The van der Waals surface area contributed by atoms with Crippen molar-refractivity contribution < 1.29 is 9.15 Å². The quantitative estimate of drug-likeness (QED) is 0.842. The van der Waals surface area contributed by atoms with E-state index in [1.165, 1.54) is 0 Å². The third kappa shape index (κ3) is 2.55. The van der Waals surface area contributed by atoms with Gasteiger partial charge in [-0.1, -0.05) is 26.0 Å². The molecule has 2 aromatic rings. The Morgan fingerprint density at radius 1 is 1.27 bits per heavy atom. The fraction of sp³-hybridized carbons (Fsp3) is 0.611. The predicted octanol–water partition coefficient (Wildman–Crippen LogP) is 3.90. The molecule has 0 saturated heterocycles. The van der Waals surface area contributed by atoms with Crippen molar-refractivity contribution in [3.63, 3.8) is 0 Å². The summed E-state index contributed by atoms with van der Waals surface area (Å²) in [5.41, 5.74) is 2.04. The Balaban J connectivity index is 1.65. The number of fused-ring (bicyclic) bond motifs is 1. The zero-order chi connectivity index (χ0) is 15.6. The highest BCUT2D eigenvalue weighted by atomic mass is 16.5. The Morgan fingerprint density at radius 3 is 2.73 bits per heavy atom. The predicted molar refractivity (Wildman–Crippen MR) is 87.7 cm³/mol. The second kappa shape index (κ2) is 6.39. The smallest absolute Gasteiger partial charge is 0.209 e. The first-order valence-corrected chi connectivity index (χ1v) is 8.43. The molecular formula is C18H26N2O2. The van der Waals surface area contributed by atoms with Gasteiger partial charge >= 0.3 is 0 Å². The van der Waals surface area contributed by atoms with Gasteiger partial charge in [0.05, 0.1) is 12.6 Å². The van der Waals surface area contributed by atoms with Crippen molar-refractivity contribution >= 4 is 11.1 Å². The average Bonchev–Trinajstić information content (AvgIpc) is 2.94. The number of para-hydroxylation sites is 2. The van der Waals surface area contributed by atoms with Crippen molar-refractivity contribution in [2.45, 2.75) is 58.7 Å².